The lowest BCUT2D eigenvalue weighted by molar-refractivity contribution is -0.136. The van der Waals surface area contributed by atoms with Crippen molar-refractivity contribution in [1.29, 1.82) is 0 Å². The zero-order chi connectivity index (χ0) is 24.2. The normalized spacial score (nSPS) is 21.6. The lowest BCUT2D eigenvalue weighted by Gasteiger charge is -2.35. The SMILES string of the molecule is COC(C)(C)CC(=O)N1CC=C(c2ccc3nc4n(c3n2)C2(COC4)COc3ccccc32)CC1. The van der Waals surface area contributed by atoms with Crippen molar-refractivity contribution in [2.45, 2.75) is 44.4 Å². The topological polar surface area (TPSA) is 78.7 Å². The number of methoxy groups -OCH3 is 1. The lowest BCUT2D eigenvalue weighted by atomic mass is 9.91. The van der Waals surface area contributed by atoms with E-state index in [1.807, 2.05) is 49.1 Å². The molecule has 8 heteroatoms. The number of benzene rings is 1. The van der Waals surface area contributed by atoms with E-state index in [1.165, 1.54) is 0 Å². The lowest BCUT2D eigenvalue weighted by Crippen LogP contribution is -2.45. The van der Waals surface area contributed by atoms with Crippen LogP contribution in [0.2, 0.25) is 0 Å². The van der Waals surface area contributed by atoms with Crippen LogP contribution < -0.4 is 4.74 Å². The molecule has 0 radical (unpaired) electrons. The van der Waals surface area contributed by atoms with Crippen LogP contribution in [0.1, 0.15) is 43.8 Å². The molecule has 1 unspecified atom stereocenters. The Kier molecular flexibility index (Phi) is 5.19. The van der Waals surface area contributed by atoms with Crippen molar-refractivity contribution in [3.8, 4) is 5.75 Å². The summed E-state index contributed by atoms with van der Waals surface area (Å²) in [6.45, 7) is 6.60. The number of imidazole rings is 1. The molecule has 0 saturated heterocycles. The number of amides is 1. The van der Waals surface area contributed by atoms with Crippen LogP contribution in [-0.4, -0.2) is 64.4 Å². The Hall–Kier alpha value is -3.23. The minimum atomic E-state index is -0.469. The average molecular weight is 475 g/mol. The molecule has 35 heavy (non-hydrogen) atoms. The third-order valence-corrected chi connectivity index (χ3v) is 7.45. The second-order valence-electron chi connectivity index (χ2n) is 10.2. The van der Waals surface area contributed by atoms with E-state index >= 15 is 0 Å². The maximum absolute atomic E-state index is 12.7. The third-order valence-electron chi connectivity index (χ3n) is 7.45. The van der Waals surface area contributed by atoms with E-state index in [2.05, 4.69) is 16.7 Å². The van der Waals surface area contributed by atoms with Crippen LogP contribution >= 0.6 is 0 Å². The molecule has 0 N–H and O–H groups in total. The number of hydrogen-bond acceptors (Lipinski definition) is 6. The first-order valence-corrected chi connectivity index (χ1v) is 12.1. The van der Waals surface area contributed by atoms with Crippen LogP contribution in [0.15, 0.2) is 42.5 Å². The van der Waals surface area contributed by atoms with Crippen molar-refractivity contribution < 1.29 is 19.0 Å². The molecule has 3 aliphatic rings. The van der Waals surface area contributed by atoms with E-state index < -0.39 is 11.1 Å². The summed E-state index contributed by atoms with van der Waals surface area (Å²) in [5, 5.41) is 0. The number of ether oxygens (including phenoxy) is 3. The number of para-hydroxylation sites is 1. The Morgan fingerprint density at radius 2 is 2.03 bits per heavy atom. The highest BCUT2D eigenvalue weighted by molar-refractivity contribution is 5.80. The zero-order valence-corrected chi connectivity index (χ0v) is 20.4. The summed E-state index contributed by atoms with van der Waals surface area (Å²) in [6.07, 6.45) is 3.25. The summed E-state index contributed by atoms with van der Waals surface area (Å²) < 4.78 is 19.7. The van der Waals surface area contributed by atoms with Crippen molar-refractivity contribution in [3.05, 3.63) is 59.6 Å². The molecule has 5 heterocycles. The minimum Gasteiger partial charge on any atom is -0.490 e. The first kappa shape index (κ1) is 22.2. The van der Waals surface area contributed by atoms with E-state index in [-0.39, 0.29) is 5.91 Å². The van der Waals surface area contributed by atoms with Crippen molar-refractivity contribution in [2.24, 2.45) is 0 Å². The fourth-order valence-corrected chi connectivity index (χ4v) is 5.34. The first-order valence-electron chi connectivity index (χ1n) is 12.1. The van der Waals surface area contributed by atoms with Gasteiger partial charge in [-0.15, -0.1) is 0 Å². The molecule has 3 aliphatic heterocycles. The van der Waals surface area contributed by atoms with Crippen LogP contribution in [0, 0.1) is 0 Å². The molecule has 0 aliphatic carbocycles. The Bertz CT molecular complexity index is 1340. The van der Waals surface area contributed by atoms with Gasteiger partial charge in [-0.25, -0.2) is 9.97 Å². The molecule has 3 aromatic rings. The monoisotopic (exact) mass is 474 g/mol. The van der Waals surface area contributed by atoms with E-state index in [9.17, 15) is 4.79 Å². The Balaban J connectivity index is 1.33. The highest BCUT2D eigenvalue weighted by atomic mass is 16.5. The Morgan fingerprint density at radius 1 is 1.17 bits per heavy atom. The molecule has 2 aromatic heterocycles. The predicted octanol–water partition coefficient (Wildman–Crippen LogP) is 3.53. The van der Waals surface area contributed by atoms with Crippen molar-refractivity contribution in [3.63, 3.8) is 0 Å². The third kappa shape index (κ3) is 3.63. The number of carbonyl (C=O) groups is 1. The van der Waals surface area contributed by atoms with Gasteiger partial charge in [0.25, 0.3) is 0 Å². The average Bonchev–Trinajstić information content (AvgIpc) is 3.43. The maximum atomic E-state index is 12.7. The van der Waals surface area contributed by atoms with Crippen LogP contribution in [0.5, 0.6) is 5.75 Å². The van der Waals surface area contributed by atoms with Crippen LogP contribution in [0.3, 0.4) is 0 Å². The number of rotatable bonds is 4. The van der Waals surface area contributed by atoms with Gasteiger partial charge in [-0.1, -0.05) is 24.3 Å². The summed E-state index contributed by atoms with van der Waals surface area (Å²) in [6, 6.07) is 12.2. The van der Waals surface area contributed by atoms with E-state index in [0.29, 0.717) is 39.3 Å². The van der Waals surface area contributed by atoms with Gasteiger partial charge in [0, 0.05) is 25.8 Å². The fraction of sp³-hybridized carbons (Fsp3) is 0.444. The standard InChI is InChI=1S/C27H30N4O4/c1-26(2,33-3)14-24(32)30-12-10-18(11-13-30)20-8-9-21-25(29-20)31-23(28-21)15-34-16-27(31)17-35-22-7-5-4-6-19(22)27/h4-10H,11-17H2,1-3H3. The van der Waals surface area contributed by atoms with Gasteiger partial charge in [0.1, 0.15) is 35.8 Å². The van der Waals surface area contributed by atoms with E-state index in [4.69, 9.17) is 24.2 Å². The van der Waals surface area contributed by atoms with Gasteiger partial charge >= 0.3 is 0 Å². The zero-order valence-electron chi connectivity index (χ0n) is 20.4. The largest absolute Gasteiger partial charge is 0.490 e. The van der Waals surface area contributed by atoms with Gasteiger partial charge < -0.3 is 19.1 Å². The van der Waals surface area contributed by atoms with Gasteiger partial charge in [-0.2, -0.15) is 0 Å². The Morgan fingerprint density at radius 3 is 2.83 bits per heavy atom. The molecule has 1 amide bonds. The van der Waals surface area contributed by atoms with Gasteiger partial charge in [0.15, 0.2) is 5.65 Å². The van der Waals surface area contributed by atoms with Crippen molar-refractivity contribution in [2.75, 3.05) is 33.4 Å². The summed E-state index contributed by atoms with van der Waals surface area (Å²) in [5.74, 6) is 1.87. The first-order chi connectivity index (χ1) is 16.9. The Labute approximate surface area is 204 Å². The number of carbonyl (C=O) groups excluding carboxylic acids is 1. The molecule has 1 atom stereocenters. The minimum absolute atomic E-state index is 0.113. The van der Waals surface area contributed by atoms with Crippen LogP contribution in [-0.2, 0) is 26.4 Å². The van der Waals surface area contributed by atoms with Gasteiger partial charge in [-0.3, -0.25) is 9.36 Å². The number of hydrogen-bond donors (Lipinski definition) is 0. The molecule has 6 rings (SSSR count). The van der Waals surface area contributed by atoms with E-state index in [1.54, 1.807) is 7.11 Å². The number of fused-ring (bicyclic) bond motifs is 6. The molecular weight excluding hydrogens is 444 g/mol. The van der Waals surface area contributed by atoms with Crippen LogP contribution in [0.4, 0.5) is 0 Å². The summed E-state index contributed by atoms with van der Waals surface area (Å²) in [7, 11) is 1.64. The molecular formula is C27H30N4O4. The highest BCUT2D eigenvalue weighted by Gasteiger charge is 2.47. The maximum Gasteiger partial charge on any atom is 0.225 e. The van der Waals surface area contributed by atoms with Crippen molar-refractivity contribution in [1.82, 2.24) is 19.4 Å². The highest BCUT2D eigenvalue weighted by Crippen LogP contribution is 2.44. The molecule has 0 bridgehead atoms. The molecule has 1 spiro atoms. The van der Waals surface area contributed by atoms with Gasteiger partial charge in [0.05, 0.1) is 24.3 Å². The summed E-state index contributed by atoms with van der Waals surface area (Å²) in [4.78, 5) is 24.6. The van der Waals surface area contributed by atoms with Crippen LogP contribution in [0.25, 0.3) is 16.7 Å². The summed E-state index contributed by atoms with van der Waals surface area (Å²) >= 11 is 0. The molecule has 1 aromatic carbocycles. The quantitative estimate of drug-likeness (QED) is 0.576. The number of aromatic nitrogens is 3. The molecule has 0 fully saturated rings. The second-order valence-corrected chi connectivity index (χ2v) is 10.2. The van der Waals surface area contributed by atoms with Gasteiger partial charge in [-0.05, 0) is 44.0 Å². The van der Waals surface area contributed by atoms with Gasteiger partial charge in [0.2, 0.25) is 5.91 Å². The molecule has 182 valence electrons. The predicted molar refractivity (Wildman–Crippen MR) is 131 cm³/mol. The number of nitrogens with zero attached hydrogens (tertiary/aromatic N) is 4. The molecule has 8 nitrogen and oxygen atoms in total. The smallest absolute Gasteiger partial charge is 0.225 e. The summed E-state index contributed by atoms with van der Waals surface area (Å²) in [5.41, 5.74) is 3.97. The molecule has 0 saturated carbocycles. The number of pyridine rings is 1. The fourth-order valence-electron chi connectivity index (χ4n) is 5.34. The second kappa shape index (κ2) is 8.17. The van der Waals surface area contributed by atoms with E-state index in [0.717, 1.165) is 46.0 Å². The van der Waals surface area contributed by atoms with Crippen molar-refractivity contribution >= 4 is 22.6 Å².